The minimum Gasteiger partial charge on any atom is -0.464 e. The summed E-state index contributed by atoms with van der Waals surface area (Å²) in [6.45, 7) is 5.05. The topological polar surface area (TPSA) is 47.0 Å². The average Bonchev–Trinajstić information content (AvgIpc) is 2.26. The molecule has 0 aliphatic rings. The predicted octanol–water partition coefficient (Wildman–Crippen LogP) is 1.48. The van der Waals surface area contributed by atoms with E-state index in [1.807, 2.05) is 13.8 Å². The second-order valence-corrected chi connectivity index (χ2v) is 2.88. The van der Waals surface area contributed by atoms with Gasteiger partial charge < -0.3 is 10.1 Å². The summed E-state index contributed by atoms with van der Waals surface area (Å²) in [5.74, 6) is 4.45. The minimum atomic E-state index is 0.228. The van der Waals surface area contributed by atoms with Gasteiger partial charge in [0.15, 0.2) is 6.61 Å². The fourth-order valence-corrected chi connectivity index (χ4v) is 1.09. The average molecular weight is 205 g/mol. The number of nitrogens with one attached hydrogen (secondary N) is 1. The molecule has 15 heavy (non-hydrogen) atoms. The largest absolute Gasteiger partial charge is 0.464 e. The molecule has 0 aromatic carbocycles. The van der Waals surface area contributed by atoms with Gasteiger partial charge in [0.05, 0.1) is 0 Å². The second-order valence-electron chi connectivity index (χ2n) is 2.88. The van der Waals surface area contributed by atoms with Gasteiger partial charge in [-0.3, -0.25) is 0 Å². The number of ether oxygens (including phenoxy) is 1. The SMILES string of the molecule is C#CCOc1cc(NCC)nc(CC)n1. The van der Waals surface area contributed by atoms with Crippen LogP contribution in [0.4, 0.5) is 5.82 Å². The molecule has 4 nitrogen and oxygen atoms in total. The zero-order valence-corrected chi connectivity index (χ0v) is 9.08. The molecule has 1 aromatic heterocycles. The van der Waals surface area contributed by atoms with Crippen molar-refractivity contribution in [3.63, 3.8) is 0 Å². The number of rotatable bonds is 5. The lowest BCUT2D eigenvalue weighted by molar-refractivity contribution is 0.353. The molecule has 0 spiro atoms. The fourth-order valence-electron chi connectivity index (χ4n) is 1.09. The maximum atomic E-state index is 5.26. The predicted molar refractivity (Wildman–Crippen MR) is 59.9 cm³/mol. The Labute approximate surface area is 90.1 Å². The Morgan fingerprint density at radius 1 is 1.47 bits per heavy atom. The van der Waals surface area contributed by atoms with Crippen LogP contribution in [0.1, 0.15) is 19.7 Å². The molecule has 0 bridgehead atoms. The third-order valence-electron chi connectivity index (χ3n) is 1.73. The van der Waals surface area contributed by atoms with E-state index in [0.29, 0.717) is 5.88 Å². The number of aryl methyl sites for hydroxylation is 1. The van der Waals surface area contributed by atoms with Crippen molar-refractivity contribution in [2.45, 2.75) is 20.3 Å². The number of hydrogen-bond acceptors (Lipinski definition) is 4. The highest BCUT2D eigenvalue weighted by molar-refractivity contribution is 5.38. The maximum absolute atomic E-state index is 5.26. The van der Waals surface area contributed by atoms with Gasteiger partial charge in [-0.1, -0.05) is 12.8 Å². The molecular formula is C11H15N3O. The summed E-state index contributed by atoms with van der Waals surface area (Å²) in [6.07, 6.45) is 5.88. The van der Waals surface area contributed by atoms with E-state index in [2.05, 4.69) is 21.2 Å². The van der Waals surface area contributed by atoms with Gasteiger partial charge in [-0.05, 0) is 6.92 Å². The van der Waals surface area contributed by atoms with Crippen LogP contribution in [0.3, 0.4) is 0 Å². The smallest absolute Gasteiger partial charge is 0.219 e. The lowest BCUT2D eigenvalue weighted by Crippen LogP contribution is -2.05. The molecular weight excluding hydrogens is 190 g/mol. The van der Waals surface area contributed by atoms with Crippen molar-refractivity contribution in [2.24, 2.45) is 0 Å². The zero-order chi connectivity index (χ0) is 11.1. The Bertz CT molecular complexity index is 357. The fraction of sp³-hybridized carbons (Fsp3) is 0.455. The summed E-state index contributed by atoms with van der Waals surface area (Å²) >= 11 is 0. The molecule has 0 aliphatic heterocycles. The molecule has 4 heteroatoms. The van der Waals surface area contributed by atoms with E-state index in [1.54, 1.807) is 6.07 Å². The molecule has 0 amide bonds. The van der Waals surface area contributed by atoms with Gasteiger partial charge in [0.1, 0.15) is 11.6 Å². The molecule has 1 heterocycles. The quantitative estimate of drug-likeness (QED) is 0.740. The first-order valence-corrected chi connectivity index (χ1v) is 4.98. The monoisotopic (exact) mass is 205 g/mol. The summed E-state index contributed by atoms with van der Waals surface area (Å²) in [4.78, 5) is 8.50. The molecule has 1 N–H and O–H groups in total. The van der Waals surface area contributed by atoms with E-state index in [9.17, 15) is 0 Å². The van der Waals surface area contributed by atoms with E-state index in [-0.39, 0.29) is 6.61 Å². The molecule has 0 radical (unpaired) electrons. The van der Waals surface area contributed by atoms with Crippen LogP contribution in [0.2, 0.25) is 0 Å². The molecule has 0 unspecified atom stereocenters. The van der Waals surface area contributed by atoms with Crippen molar-refractivity contribution in [1.82, 2.24) is 9.97 Å². The van der Waals surface area contributed by atoms with Crippen LogP contribution in [0, 0.1) is 12.3 Å². The summed E-state index contributed by atoms with van der Waals surface area (Å²) in [7, 11) is 0. The number of aromatic nitrogens is 2. The Balaban J connectivity index is 2.85. The highest BCUT2D eigenvalue weighted by Gasteiger charge is 2.03. The van der Waals surface area contributed by atoms with E-state index >= 15 is 0 Å². The highest BCUT2D eigenvalue weighted by Crippen LogP contribution is 2.13. The van der Waals surface area contributed by atoms with Crippen LogP contribution in [-0.2, 0) is 6.42 Å². The number of nitrogens with zero attached hydrogens (tertiary/aromatic N) is 2. The van der Waals surface area contributed by atoms with Crippen molar-refractivity contribution in [1.29, 1.82) is 0 Å². The third kappa shape index (κ3) is 3.47. The van der Waals surface area contributed by atoms with Crippen LogP contribution in [0.25, 0.3) is 0 Å². The van der Waals surface area contributed by atoms with Gasteiger partial charge >= 0.3 is 0 Å². The number of hydrogen-bond donors (Lipinski definition) is 1. The Morgan fingerprint density at radius 2 is 2.27 bits per heavy atom. The normalized spacial score (nSPS) is 9.40. The first-order valence-electron chi connectivity index (χ1n) is 4.98. The third-order valence-corrected chi connectivity index (χ3v) is 1.73. The van der Waals surface area contributed by atoms with E-state index in [0.717, 1.165) is 24.6 Å². The Kier molecular flexibility index (Phi) is 4.42. The standard InChI is InChI=1S/C11H15N3O/c1-4-7-15-11-8-10(12-6-3)13-9(5-2)14-11/h1,8H,5-7H2,2-3H3,(H,12,13,14). The van der Waals surface area contributed by atoms with Gasteiger partial charge in [0, 0.05) is 19.0 Å². The first kappa shape index (κ1) is 11.3. The van der Waals surface area contributed by atoms with Crippen LogP contribution in [0.5, 0.6) is 5.88 Å². The van der Waals surface area contributed by atoms with Crippen LogP contribution in [0.15, 0.2) is 6.07 Å². The van der Waals surface area contributed by atoms with Gasteiger partial charge in [0.2, 0.25) is 5.88 Å². The number of terminal acetylenes is 1. The minimum absolute atomic E-state index is 0.228. The molecule has 1 aromatic rings. The van der Waals surface area contributed by atoms with E-state index in [1.165, 1.54) is 0 Å². The van der Waals surface area contributed by atoms with Crippen molar-refractivity contribution >= 4 is 5.82 Å². The van der Waals surface area contributed by atoms with E-state index in [4.69, 9.17) is 11.2 Å². The summed E-state index contributed by atoms with van der Waals surface area (Å²) in [5, 5.41) is 3.12. The summed E-state index contributed by atoms with van der Waals surface area (Å²) in [5.41, 5.74) is 0. The van der Waals surface area contributed by atoms with Crippen LogP contribution < -0.4 is 10.1 Å². The first-order chi connectivity index (χ1) is 7.30. The molecule has 1 rings (SSSR count). The van der Waals surface area contributed by atoms with E-state index < -0.39 is 0 Å². The molecule has 0 atom stereocenters. The van der Waals surface area contributed by atoms with Gasteiger partial charge in [0.25, 0.3) is 0 Å². The molecule has 80 valence electrons. The zero-order valence-electron chi connectivity index (χ0n) is 9.08. The lowest BCUT2D eigenvalue weighted by atomic mass is 10.4. The van der Waals surface area contributed by atoms with Gasteiger partial charge in [-0.15, -0.1) is 6.42 Å². The van der Waals surface area contributed by atoms with Crippen molar-refractivity contribution in [3.05, 3.63) is 11.9 Å². The van der Waals surface area contributed by atoms with Gasteiger partial charge in [-0.2, -0.15) is 4.98 Å². The molecule has 0 fully saturated rings. The highest BCUT2D eigenvalue weighted by atomic mass is 16.5. The van der Waals surface area contributed by atoms with Crippen molar-refractivity contribution in [2.75, 3.05) is 18.5 Å². The molecule has 0 saturated heterocycles. The molecule has 0 saturated carbocycles. The van der Waals surface area contributed by atoms with Crippen molar-refractivity contribution in [3.8, 4) is 18.2 Å². The lowest BCUT2D eigenvalue weighted by Gasteiger charge is -2.07. The Morgan fingerprint density at radius 3 is 2.87 bits per heavy atom. The maximum Gasteiger partial charge on any atom is 0.219 e. The van der Waals surface area contributed by atoms with Crippen molar-refractivity contribution < 1.29 is 4.74 Å². The van der Waals surface area contributed by atoms with Crippen LogP contribution in [-0.4, -0.2) is 23.1 Å². The summed E-state index contributed by atoms with van der Waals surface area (Å²) in [6, 6.07) is 1.75. The summed E-state index contributed by atoms with van der Waals surface area (Å²) < 4.78 is 5.26. The number of anilines is 1. The van der Waals surface area contributed by atoms with Crippen LogP contribution >= 0.6 is 0 Å². The Hall–Kier alpha value is -1.76. The van der Waals surface area contributed by atoms with Gasteiger partial charge in [-0.25, -0.2) is 4.98 Å². The molecule has 0 aliphatic carbocycles. The second kappa shape index (κ2) is 5.86.